The van der Waals surface area contributed by atoms with E-state index in [4.69, 9.17) is 0 Å². The van der Waals surface area contributed by atoms with Crippen molar-refractivity contribution < 1.29 is 5.11 Å². The Morgan fingerprint density at radius 1 is 0.824 bits per heavy atom. The molecule has 0 aromatic heterocycles. The molecular weight excluding hydrogens is 208 g/mol. The molecule has 3 aromatic rings. The van der Waals surface area contributed by atoms with Crippen LogP contribution in [0.2, 0.25) is 0 Å². The number of hydrogen-bond acceptors (Lipinski definition) is 1. The number of benzene rings is 3. The van der Waals surface area contributed by atoms with Crippen molar-refractivity contribution in [2.24, 2.45) is 0 Å². The van der Waals surface area contributed by atoms with Crippen molar-refractivity contribution in [3.63, 3.8) is 0 Å². The first kappa shape index (κ1) is 9.91. The standard InChI is InChI=1S/C16H11O/c17-14-10-8-13(9-11-14)16-7-3-5-12-4-1-2-6-15(12)16/h1-8,10-11,17H. The first-order valence-electron chi connectivity index (χ1n) is 5.53. The predicted octanol–water partition coefficient (Wildman–Crippen LogP) is 4.01. The predicted molar refractivity (Wildman–Crippen MR) is 69.9 cm³/mol. The molecule has 0 fully saturated rings. The van der Waals surface area contributed by atoms with E-state index < -0.39 is 0 Å². The molecule has 17 heavy (non-hydrogen) atoms. The Morgan fingerprint density at radius 2 is 1.65 bits per heavy atom. The van der Waals surface area contributed by atoms with Gasteiger partial charge >= 0.3 is 0 Å². The van der Waals surface area contributed by atoms with Crippen LogP contribution >= 0.6 is 0 Å². The van der Waals surface area contributed by atoms with E-state index in [1.165, 1.54) is 10.8 Å². The van der Waals surface area contributed by atoms with E-state index in [1.54, 1.807) is 12.1 Å². The van der Waals surface area contributed by atoms with E-state index in [0.717, 1.165) is 11.1 Å². The molecule has 0 unspecified atom stereocenters. The largest absolute Gasteiger partial charge is 0.508 e. The van der Waals surface area contributed by atoms with Crippen LogP contribution in [0.5, 0.6) is 5.75 Å². The average Bonchev–Trinajstić information content (AvgIpc) is 2.39. The molecule has 1 N–H and O–H groups in total. The number of aromatic hydroxyl groups is 1. The fourth-order valence-corrected chi connectivity index (χ4v) is 2.04. The molecule has 0 bridgehead atoms. The summed E-state index contributed by atoms with van der Waals surface area (Å²) in [6, 6.07) is 22.7. The van der Waals surface area contributed by atoms with E-state index in [1.807, 2.05) is 24.3 Å². The lowest BCUT2D eigenvalue weighted by Crippen LogP contribution is -1.80. The molecule has 3 aromatic carbocycles. The lowest BCUT2D eigenvalue weighted by atomic mass is 9.98. The summed E-state index contributed by atoms with van der Waals surface area (Å²) >= 11 is 0. The first-order valence-corrected chi connectivity index (χ1v) is 5.53. The van der Waals surface area contributed by atoms with Crippen LogP contribution in [-0.4, -0.2) is 5.11 Å². The van der Waals surface area contributed by atoms with Crippen LogP contribution in [0.1, 0.15) is 0 Å². The molecular formula is C16H11O. The van der Waals surface area contributed by atoms with E-state index in [2.05, 4.69) is 30.3 Å². The molecule has 0 saturated heterocycles. The van der Waals surface area contributed by atoms with E-state index in [0.29, 0.717) is 0 Å². The highest BCUT2D eigenvalue weighted by Gasteiger charge is 2.02. The average molecular weight is 219 g/mol. The maximum absolute atomic E-state index is 9.29. The number of fused-ring (bicyclic) bond motifs is 1. The van der Waals surface area contributed by atoms with Gasteiger partial charge < -0.3 is 5.11 Å². The number of phenolic OH excluding ortho intramolecular Hbond substituents is 1. The Kier molecular flexibility index (Phi) is 2.30. The van der Waals surface area contributed by atoms with Crippen molar-refractivity contribution in [2.75, 3.05) is 0 Å². The second-order valence-corrected chi connectivity index (χ2v) is 3.99. The lowest BCUT2D eigenvalue weighted by Gasteiger charge is -2.06. The SMILES string of the molecule is Oc1c[c]c(-c2cccc3ccccc23)cc1. The van der Waals surface area contributed by atoms with Gasteiger partial charge in [-0.15, -0.1) is 0 Å². The maximum Gasteiger partial charge on any atom is 0.116 e. The van der Waals surface area contributed by atoms with E-state index >= 15 is 0 Å². The highest BCUT2D eigenvalue weighted by Crippen LogP contribution is 2.28. The molecule has 0 aliphatic rings. The van der Waals surface area contributed by atoms with Gasteiger partial charge in [0.25, 0.3) is 0 Å². The zero-order valence-corrected chi connectivity index (χ0v) is 9.22. The minimum absolute atomic E-state index is 0.244. The second-order valence-electron chi connectivity index (χ2n) is 3.99. The Balaban J connectivity index is 2.27. The Hall–Kier alpha value is -2.28. The van der Waals surface area contributed by atoms with Gasteiger partial charge in [-0.1, -0.05) is 48.5 Å². The third-order valence-electron chi connectivity index (χ3n) is 2.88. The first-order chi connectivity index (χ1) is 8.34. The quantitative estimate of drug-likeness (QED) is 0.655. The van der Waals surface area contributed by atoms with Gasteiger partial charge in [0.1, 0.15) is 5.75 Å². The molecule has 0 saturated carbocycles. The van der Waals surface area contributed by atoms with Crippen molar-refractivity contribution in [3.05, 3.63) is 66.7 Å². The molecule has 0 aliphatic carbocycles. The molecule has 0 spiro atoms. The van der Waals surface area contributed by atoms with Crippen molar-refractivity contribution in [3.8, 4) is 16.9 Å². The Labute approximate surface area is 100.0 Å². The fraction of sp³-hybridized carbons (Fsp3) is 0. The van der Waals surface area contributed by atoms with Gasteiger partial charge in [0.15, 0.2) is 0 Å². The summed E-state index contributed by atoms with van der Waals surface area (Å²) in [5.74, 6) is 0.244. The van der Waals surface area contributed by atoms with Crippen LogP contribution in [0.4, 0.5) is 0 Å². The molecule has 0 aliphatic heterocycles. The highest BCUT2D eigenvalue weighted by atomic mass is 16.3. The summed E-state index contributed by atoms with van der Waals surface area (Å²) in [5.41, 5.74) is 2.14. The van der Waals surface area contributed by atoms with Crippen LogP contribution < -0.4 is 0 Å². The fourth-order valence-electron chi connectivity index (χ4n) is 2.04. The number of hydrogen-bond donors (Lipinski definition) is 1. The second kappa shape index (κ2) is 3.95. The van der Waals surface area contributed by atoms with Crippen LogP contribution in [0, 0.1) is 6.07 Å². The molecule has 0 heterocycles. The lowest BCUT2D eigenvalue weighted by molar-refractivity contribution is 0.475. The monoisotopic (exact) mass is 219 g/mol. The Morgan fingerprint density at radius 3 is 2.47 bits per heavy atom. The van der Waals surface area contributed by atoms with E-state index in [-0.39, 0.29) is 5.75 Å². The van der Waals surface area contributed by atoms with Crippen LogP contribution in [0.3, 0.4) is 0 Å². The molecule has 1 heteroatoms. The van der Waals surface area contributed by atoms with Crippen molar-refractivity contribution in [1.29, 1.82) is 0 Å². The summed E-state index contributed by atoms with van der Waals surface area (Å²) < 4.78 is 0. The minimum atomic E-state index is 0.244. The summed E-state index contributed by atoms with van der Waals surface area (Å²) in [6.07, 6.45) is 0. The molecule has 0 amide bonds. The topological polar surface area (TPSA) is 20.2 Å². The van der Waals surface area contributed by atoms with Gasteiger partial charge in [-0.05, 0) is 40.1 Å². The maximum atomic E-state index is 9.29. The van der Waals surface area contributed by atoms with Crippen molar-refractivity contribution in [2.45, 2.75) is 0 Å². The van der Waals surface area contributed by atoms with Crippen molar-refractivity contribution >= 4 is 10.8 Å². The molecule has 1 nitrogen and oxygen atoms in total. The van der Waals surface area contributed by atoms with Crippen LogP contribution in [-0.2, 0) is 0 Å². The van der Waals surface area contributed by atoms with E-state index in [9.17, 15) is 5.11 Å². The van der Waals surface area contributed by atoms with Gasteiger partial charge in [0.2, 0.25) is 0 Å². The van der Waals surface area contributed by atoms with Gasteiger partial charge in [-0.2, -0.15) is 0 Å². The third kappa shape index (κ3) is 1.76. The van der Waals surface area contributed by atoms with Gasteiger partial charge in [-0.3, -0.25) is 0 Å². The van der Waals surface area contributed by atoms with Gasteiger partial charge in [0.05, 0.1) is 0 Å². The Bertz CT molecular complexity index is 648. The van der Waals surface area contributed by atoms with Crippen molar-refractivity contribution in [1.82, 2.24) is 0 Å². The number of rotatable bonds is 1. The zero-order chi connectivity index (χ0) is 11.7. The minimum Gasteiger partial charge on any atom is -0.508 e. The van der Waals surface area contributed by atoms with Crippen LogP contribution in [0.15, 0.2) is 60.7 Å². The van der Waals surface area contributed by atoms with Gasteiger partial charge in [-0.25, -0.2) is 0 Å². The molecule has 0 atom stereocenters. The zero-order valence-electron chi connectivity index (χ0n) is 9.22. The normalized spacial score (nSPS) is 10.6. The highest BCUT2D eigenvalue weighted by molar-refractivity contribution is 5.96. The number of phenols is 1. The van der Waals surface area contributed by atoms with Crippen LogP contribution in [0.25, 0.3) is 21.9 Å². The molecule has 81 valence electrons. The molecule has 3 rings (SSSR count). The smallest absolute Gasteiger partial charge is 0.116 e. The third-order valence-corrected chi connectivity index (χ3v) is 2.88. The summed E-state index contributed by atoms with van der Waals surface area (Å²) in [6.45, 7) is 0. The summed E-state index contributed by atoms with van der Waals surface area (Å²) in [5, 5.41) is 11.7. The van der Waals surface area contributed by atoms with Gasteiger partial charge in [0, 0.05) is 0 Å². The molecule has 1 radical (unpaired) electrons. The summed E-state index contributed by atoms with van der Waals surface area (Å²) in [7, 11) is 0. The summed E-state index contributed by atoms with van der Waals surface area (Å²) in [4.78, 5) is 0.